The van der Waals surface area contributed by atoms with Crippen molar-refractivity contribution in [3.05, 3.63) is 80.5 Å². The molecule has 3 aromatic rings. The average molecular weight is 573 g/mol. The molecule has 2 aromatic carbocycles. The van der Waals surface area contributed by atoms with Crippen LogP contribution in [0, 0.1) is 6.92 Å². The van der Waals surface area contributed by atoms with Gasteiger partial charge in [0, 0.05) is 46.6 Å². The molecule has 0 saturated heterocycles. The number of carbonyl (C=O) groups excluding carboxylic acids is 2. The summed E-state index contributed by atoms with van der Waals surface area (Å²) in [6.45, 7) is 6.43. The molecule has 39 heavy (non-hydrogen) atoms. The number of ether oxygens (including phenoxy) is 3. The van der Waals surface area contributed by atoms with Crippen molar-refractivity contribution in [3.8, 4) is 11.5 Å². The van der Waals surface area contributed by atoms with E-state index in [0.717, 1.165) is 10.4 Å². The van der Waals surface area contributed by atoms with E-state index < -0.39 is 0 Å². The van der Waals surface area contributed by atoms with Gasteiger partial charge in [0.25, 0.3) is 5.91 Å². The van der Waals surface area contributed by atoms with Crippen molar-refractivity contribution in [1.82, 2.24) is 9.80 Å². The Balaban J connectivity index is 1.79. The minimum absolute atomic E-state index is 0.0340. The van der Waals surface area contributed by atoms with Crippen molar-refractivity contribution < 1.29 is 23.8 Å². The summed E-state index contributed by atoms with van der Waals surface area (Å²) in [5.74, 6) is 0.960. The molecule has 0 N–H and O–H groups in total. The number of methoxy groups -OCH3 is 2. The first-order chi connectivity index (χ1) is 18.8. The van der Waals surface area contributed by atoms with Crippen LogP contribution in [0.15, 0.2) is 54.6 Å². The standard InChI is InChI=1S/C30H37ClN2O5S/c1-5-38-17-7-15-33(30(35)24-8-6-9-25(31)19-24)21-29(34)32(20-26-12-10-22(2)39-26)16-14-23-11-13-27(36-3)28(18-23)37-4/h6,8-13,18-19H,5,7,14-17,20-21H2,1-4H3. The van der Waals surface area contributed by atoms with Gasteiger partial charge in [-0.15, -0.1) is 11.3 Å². The van der Waals surface area contributed by atoms with Crippen molar-refractivity contribution in [2.24, 2.45) is 0 Å². The Labute approximate surface area is 240 Å². The zero-order valence-corrected chi connectivity index (χ0v) is 24.6. The van der Waals surface area contributed by atoms with Gasteiger partial charge in [-0.25, -0.2) is 0 Å². The molecule has 1 heterocycles. The lowest BCUT2D eigenvalue weighted by Gasteiger charge is -2.28. The number of carbonyl (C=O) groups is 2. The van der Waals surface area contributed by atoms with Crippen LogP contribution in [0.3, 0.4) is 0 Å². The first kappa shape index (κ1) is 30.5. The Morgan fingerprint density at radius 2 is 1.74 bits per heavy atom. The number of hydrogen-bond donors (Lipinski definition) is 0. The molecule has 0 aliphatic heterocycles. The molecular weight excluding hydrogens is 536 g/mol. The summed E-state index contributed by atoms with van der Waals surface area (Å²) in [7, 11) is 3.21. The monoisotopic (exact) mass is 572 g/mol. The van der Waals surface area contributed by atoms with Gasteiger partial charge in [-0.05, 0) is 74.7 Å². The largest absolute Gasteiger partial charge is 0.493 e. The fourth-order valence-corrected chi connectivity index (χ4v) is 5.27. The van der Waals surface area contributed by atoms with E-state index in [1.54, 1.807) is 54.7 Å². The SMILES string of the molecule is CCOCCCN(CC(=O)N(CCc1ccc(OC)c(OC)c1)Cc1ccc(C)s1)C(=O)c1cccc(Cl)c1. The van der Waals surface area contributed by atoms with Crippen LogP contribution in [0.25, 0.3) is 0 Å². The molecule has 210 valence electrons. The Bertz CT molecular complexity index is 1230. The number of halogens is 1. The summed E-state index contributed by atoms with van der Waals surface area (Å²) < 4.78 is 16.3. The van der Waals surface area contributed by atoms with Crippen LogP contribution in [0.5, 0.6) is 11.5 Å². The highest BCUT2D eigenvalue weighted by atomic mass is 35.5. The third-order valence-electron chi connectivity index (χ3n) is 6.22. The summed E-state index contributed by atoms with van der Waals surface area (Å²) in [6.07, 6.45) is 1.26. The molecule has 0 aliphatic rings. The van der Waals surface area contributed by atoms with E-state index in [1.807, 2.05) is 43.0 Å². The summed E-state index contributed by atoms with van der Waals surface area (Å²) >= 11 is 7.81. The number of thiophene rings is 1. The number of hydrogen-bond acceptors (Lipinski definition) is 6. The molecule has 9 heteroatoms. The molecule has 0 fully saturated rings. The predicted octanol–water partition coefficient (Wildman–Crippen LogP) is 5.87. The van der Waals surface area contributed by atoms with Crippen molar-refractivity contribution >= 4 is 34.8 Å². The third-order valence-corrected chi connectivity index (χ3v) is 7.44. The molecule has 0 aliphatic carbocycles. The van der Waals surface area contributed by atoms with Gasteiger partial charge in [0.05, 0.1) is 20.8 Å². The minimum atomic E-state index is -0.228. The second kappa shape index (κ2) is 15.5. The molecule has 3 rings (SSSR count). The van der Waals surface area contributed by atoms with Crippen molar-refractivity contribution in [3.63, 3.8) is 0 Å². The van der Waals surface area contributed by atoms with Crippen LogP contribution < -0.4 is 9.47 Å². The van der Waals surface area contributed by atoms with Crippen LogP contribution >= 0.6 is 22.9 Å². The van der Waals surface area contributed by atoms with Crippen LogP contribution in [0.2, 0.25) is 5.02 Å². The van der Waals surface area contributed by atoms with E-state index in [-0.39, 0.29) is 18.4 Å². The lowest BCUT2D eigenvalue weighted by atomic mass is 10.1. The van der Waals surface area contributed by atoms with Gasteiger partial charge in [0.2, 0.25) is 5.91 Å². The van der Waals surface area contributed by atoms with Crippen molar-refractivity contribution in [2.75, 3.05) is 47.1 Å². The number of benzene rings is 2. The van der Waals surface area contributed by atoms with Crippen molar-refractivity contribution in [1.29, 1.82) is 0 Å². The number of nitrogens with zero attached hydrogens (tertiary/aromatic N) is 2. The molecule has 0 spiro atoms. The molecule has 0 radical (unpaired) electrons. The lowest BCUT2D eigenvalue weighted by molar-refractivity contribution is -0.132. The average Bonchev–Trinajstić information content (AvgIpc) is 3.36. The summed E-state index contributed by atoms with van der Waals surface area (Å²) in [4.78, 5) is 32.9. The second-order valence-electron chi connectivity index (χ2n) is 9.05. The first-order valence-electron chi connectivity index (χ1n) is 13.0. The summed E-state index contributed by atoms with van der Waals surface area (Å²) in [5.41, 5.74) is 1.48. The lowest BCUT2D eigenvalue weighted by Crippen LogP contribution is -2.44. The number of amides is 2. The molecule has 0 saturated carbocycles. The Hall–Kier alpha value is -3.07. The van der Waals surface area contributed by atoms with E-state index in [1.165, 1.54) is 4.88 Å². The maximum Gasteiger partial charge on any atom is 0.254 e. The zero-order chi connectivity index (χ0) is 28.2. The van der Waals surface area contributed by atoms with Crippen LogP contribution in [0.4, 0.5) is 0 Å². The Morgan fingerprint density at radius 3 is 2.41 bits per heavy atom. The highest BCUT2D eigenvalue weighted by molar-refractivity contribution is 7.11. The van der Waals surface area contributed by atoms with E-state index in [0.29, 0.717) is 67.8 Å². The normalized spacial score (nSPS) is 10.8. The molecule has 0 bridgehead atoms. The van der Waals surface area contributed by atoms with E-state index >= 15 is 0 Å². The maximum atomic E-state index is 13.7. The number of aryl methyl sites for hydroxylation is 1. The van der Waals surface area contributed by atoms with Gasteiger partial charge < -0.3 is 24.0 Å². The van der Waals surface area contributed by atoms with Crippen LogP contribution in [-0.2, 0) is 22.5 Å². The molecule has 2 amide bonds. The minimum Gasteiger partial charge on any atom is -0.493 e. The van der Waals surface area contributed by atoms with Crippen LogP contribution in [-0.4, -0.2) is 68.7 Å². The Kier molecular flexibility index (Phi) is 12.1. The Morgan fingerprint density at radius 1 is 0.949 bits per heavy atom. The van der Waals surface area contributed by atoms with Gasteiger partial charge in [0.15, 0.2) is 11.5 Å². The topological polar surface area (TPSA) is 68.3 Å². The van der Waals surface area contributed by atoms with E-state index in [2.05, 4.69) is 6.07 Å². The van der Waals surface area contributed by atoms with Gasteiger partial charge in [-0.3, -0.25) is 9.59 Å². The van der Waals surface area contributed by atoms with Gasteiger partial charge >= 0.3 is 0 Å². The zero-order valence-electron chi connectivity index (χ0n) is 23.1. The highest BCUT2D eigenvalue weighted by Gasteiger charge is 2.23. The van der Waals surface area contributed by atoms with Crippen LogP contribution in [0.1, 0.15) is 39.0 Å². The fourth-order valence-electron chi connectivity index (χ4n) is 4.17. The highest BCUT2D eigenvalue weighted by Crippen LogP contribution is 2.28. The second-order valence-corrected chi connectivity index (χ2v) is 10.9. The molecule has 0 atom stereocenters. The molecule has 7 nitrogen and oxygen atoms in total. The molecule has 0 unspecified atom stereocenters. The van der Waals surface area contributed by atoms with Gasteiger partial charge in [0.1, 0.15) is 6.54 Å². The first-order valence-corrected chi connectivity index (χ1v) is 14.2. The van der Waals surface area contributed by atoms with Gasteiger partial charge in [-0.1, -0.05) is 23.7 Å². The van der Waals surface area contributed by atoms with Gasteiger partial charge in [-0.2, -0.15) is 0 Å². The summed E-state index contributed by atoms with van der Waals surface area (Å²) in [5, 5.41) is 0.478. The third kappa shape index (κ3) is 9.27. The number of rotatable bonds is 15. The quantitative estimate of drug-likeness (QED) is 0.213. The molecular formula is C30H37ClN2O5S. The predicted molar refractivity (Wildman–Crippen MR) is 156 cm³/mol. The maximum absolute atomic E-state index is 13.7. The van der Waals surface area contributed by atoms with E-state index in [9.17, 15) is 9.59 Å². The smallest absolute Gasteiger partial charge is 0.254 e. The van der Waals surface area contributed by atoms with E-state index in [4.69, 9.17) is 25.8 Å². The summed E-state index contributed by atoms with van der Waals surface area (Å²) in [6, 6.07) is 16.7. The molecule has 1 aromatic heterocycles. The fraction of sp³-hybridized carbons (Fsp3) is 0.400. The van der Waals surface area contributed by atoms with Crippen molar-refractivity contribution in [2.45, 2.75) is 33.2 Å².